The molecule has 1 aromatic rings. The molecule has 1 aromatic carbocycles. The summed E-state index contributed by atoms with van der Waals surface area (Å²) in [4.78, 5) is 0. The Morgan fingerprint density at radius 1 is 1.62 bits per heavy atom. The van der Waals surface area contributed by atoms with Crippen molar-refractivity contribution >= 4 is 27.5 Å². The SMILES string of the molecule is CC(CN)c1cc(Br)c(F)cc1Cl. The number of nitrogens with two attached hydrogens (primary N) is 1. The summed E-state index contributed by atoms with van der Waals surface area (Å²) >= 11 is 8.96. The maximum absolute atomic E-state index is 13.0. The van der Waals surface area contributed by atoms with E-state index >= 15 is 0 Å². The lowest BCUT2D eigenvalue weighted by Crippen LogP contribution is -2.09. The van der Waals surface area contributed by atoms with Gasteiger partial charge in [-0.1, -0.05) is 18.5 Å². The molecule has 1 rings (SSSR count). The Hall–Kier alpha value is -0.120. The maximum Gasteiger partial charge on any atom is 0.138 e. The number of halogens is 3. The Morgan fingerprint density at radius 2 is 2.23 bits per heavy atom. The second kappa shape index (κ2) is 4.40. The van der Waals surface area contributed by atoms with Crippen LogP contribution in [0.2, 0.25) is 5.02 Å². The third kappa shape index (κ3) is 2.42. The van der Waals surface area contributed by atoms with Gasteiger partial charge >= 0.3 is 0 Å². The van der Waals surface area contributed by atoms with Crippen molar-refractivity contribution in [2.45, 2.75) is 12.8 Å². The van der Waals surface area contributed by atoms with E-state index in [9.17, 15) is 4.39 Å². The molecule has 1 unspecified atom stereocenters. The van der Waals surface area contributed by atoms with Gasteiger partial charge in [0.15, 0.2) is 0 Å². The number of hydrogen-bond donors (Lipinski definition) is 1. The molecule has 0 saturated heterocycles. The van der Waals surface area contributed by atoms with Gasteiger partial charge in [-0.25, -0.2) is 4.39 Å². The highest BCUT2D eigenvalue weighted by molar-refractivity contribution is 9.10. The van der Waals surface area contributed by atoms with Gasteiger partial charge in [-0.05, 0) is 46.1 Å². The van der Waals surface area contributed by atoms with Gasteiger partial charge in [0.25, 0.3) is 0 Å². The summed E-state index contributed by atoms with van der Waals surface area (Å²) in [6, 6.07) is 2.97. The lowest BCUT2D eigenvalue weighted by atomic mass is 10.0. The molecule has 0 fully saturated rings. The number of hydrogen-bond acceptors (Lipinski definition) is 1. The second-order valence-electron chi connectivity index (χ2n) is 2.92. The highest BCUT2D eigenvalue weighted by Gasteiger charge is 2.11. The van der Waals surface area contributed by atoms with Crippen molar-refractivity contribution in [2.75, 3.05) is 6.54 Å². The van der Waals surface area contributed by atoms with Gasteiger partial charge in [0.2, 0.25) is 0 Å². The molecule has 2 N–H and O–H groups in total. The molecule has 13 heavy (non-hydrogen) atoms. The quantitative estimate of drug-likeness (QED) is 0.817. The summed E-state index contributed by atoms with van der Waals surface area (Å²) in [5.74, 6) is -0.206. The van der Waals surface area contributed by atoms with Gasteiger partial charge in [0, 0.05) is 5.02 Å². The zero-order valence-electron chi connectivity index (χ0n) is 7.15. The lowest BCUT2D eigenvalue weighted by molar-refractivity contribution is 0.619. The fourth-order valence-corrected chi connectivity index (χ4v) is 1.74. The Balaban J connectivity index is 3.15. The molecule has 72 valence electrons. The summed E-state index contributed by atoms with van der Waals surface area (Å²) in [7, 11) is 0. The molecular weight excluding hydrogens is 256 g/mol. The van der Waals surface area contributed by atoms with Crippen LogP contribution < -0.4 is 5.73 Å². The van der Waals surface area contributed by atoms with E-state index in [1.54, 1.807) is 6.07 Å². The zero-order chi connectivity index (χ0) is 10.0. The van der Waals surface area contributed by atoms with Crippen LogP contribution in [0.5, 0.6) is 0 Å². The fraction of sp³-hybridized carbons (Fsp3) is 0.333. The van der Waals surface area contributed by atoms with Crippen molar-refractivity contribution in [2.24, 2.45) is 5.73 Å². The standard InChI is InChI=1S/C9H10BrClFN/c1-5(4-13)6-2-7(10)9(12)3-8(6)11/h2-3,5H,4,13H2,1H3. The lowest BCUT2D eigenvalue weighted by Gasteiger charge is -2.11. The van der Waals surface area contributed by atoms with Gasteiger partial charge in [-0.2, -0.15) is 0 Å². The minimum Gasteiger partial charge on any atom is -0.330 e. The summed E-state index contributed by atoms with van der Waals surface area (Å²) in [6.07, 6.45) is 0. The molecule has 1 nitrogen and oxygen atoms in total. The molecule has 0 amide bonds. The minimum absolute atomic E-state index is 0.143. The monoisotopic (exact) mass is 265 g/mol. The Kier molecular flexibility index (Phi) is 3.71. The smallest absolute Gasteiger partial charge is 0.138 e. The molecule has 1 atom stereocenters. The first-order valence-electron chi connectivity index (χ1n) is 3.90. The van der Waals surface area contributed by atoms with Gasteiger partial charge in [-0.15, -0.1) is 0 Å². The molecule has 0 aliphatic heterocycles. The Bertz CT molecular complexity index is 317. The highest BCUT2D eigenvalue weighted by Crippen LogP contribution is 2.29. The predicted octanol–water partition coefficient (Wildman–Crippen LogP) is 3.30. The van der Waals surface area contributed by atoms with Crippen LogP contribution in [-0.4, -0.2) is 6.54 Å². The van der Waals surface area contributed by atoms with Crippen LogP contribution in [0.3, 0.4) is 0 Å². The molecule has 0 radical (unpaired) electrons. The van der Waals surface area contributed by atoms with Crippen molar-refractivity contribution < 1.29 is 4.39 Å². The van der Waals surface area contributed by atoms with Crippen LogP contribution in [0.4, 0.5) is 4.39 Å². The van der Waals surface area contributed by atoms with Crippen LogP contribution in [0.25, 0.3) is 0 Å². The molecule has 0 spiro atoms. The van der Waals surface area contributed by atoms with Gasteiger partial charge in [0.1, 0.15) is 5.82 Å². The topological polar surface area (TPSA) is 26.0 Å². The molecule has 0 bridgehead atoms. The number of benzene rings is 1. The number of rotatable bonds is 2. The molecule has 4 heteroatoms. The zero-order valence-corrected chi connectivity index (χ0v) is 9.49. The van der Waals surface area contributed by atoms with E-state index in [0.717, 1.165) is 5.56 Å². The molecule has 0 heterocycles. The third-order valence-corrected chi connectivity index (χ3v) is 2.86. The van der Waals surface area contributed by atoms with E-state index in [2.05, 4.69) is 15.9 Å². The average molecular weight is 267 g/mol. The van der Waals surface area contributed by atoms with Crippen LogP contribution in [0.1, 0.15) is 18.4 Å². The molecular formula is C9H10BrClFN. The summed E-state index contributed by atoms with van der Waals surface area (Å²) in [5, 5.41) is 0.429. The first kappa shape index (κ1) is 11.0. The first-order chi connectivity index (χ1) is 6.06. The van der Waals surface area contributed by atoms with E-state index in [1.807, 2.05) is 6.92 Å². The Morgan fingerprint density at radius 3 is 2.77 bits per heavy atom. The third-order valence-electron chi connectivity index (χ3n) is 1.92. The molecule has 0 aromatic heterocycles. The van der Waals surface area contributed by atoms with Crippen molar-refractivity contribution in [1.29, 1.82) is 0 Å². The average Bonchev–Trinajstić information content (AvgIpc) is 2.10. The largest absolute Gasteiger partial charge is 0.330 e. The summed E-state index contributed by atoms with van der Waals surface area (Å²) in [5.41, 5.74) is 6.37. The van der Waals surface area contributed by atoms with E-state index < -0.39 is 0 Å². The van der Waals surface area contributed by atoms with E-state index in [-0.39, 0.29) is 11.7 Å². The van der Waals surface area contributed by atoms with Crippen LogP contribution in [-0.2, 0) is 0 Å². The van der Waals surface area contributed by atoms with E-state index in [1.165, 1.54) is 6.07 Å². The minimum atomic E-state index is -0.349. The van der Waals surface area contributed by atoms with Gasteiger partial charge in [0.05, 0.1) is 4.47 Å². The van der Waals surface area contributed by atoms with Crippen molar-refractivity contribution in [3.63, 3.8) is 0 Å². The molecule has 0 aliphatic carbocycles. The molecule has 0 saturated carbocycles. The molecule has 0 aliphatic rings. The Labute approximate surface area is 90.2 Å². The second-order valence-corrected chi connectivity index (χ2v) is 4.19. The van der Waals surface area contributed by atoms with Crippen LogP contribution >= 0.6 is 27.5 Å². The van der Waals surface area contributed by atoms with E-state index in [4.69, 9.17) is 17.3 Å². The maximum atomic E-state index is 13.0. The normalized spacial score (nSPS) is 13.0. The highest BCUT2D eigenvalue weighted by atomic mass is 79.9. The summed E-state index contributed by atoms with van der Waals surface area (Å²) in [6.45, 7) is 2.45. The van der Waals surface area contributed by atoms with Crippen LogP contribution in [0.15, 0.2) is 16.6 Å². The van der Waals surface area contributed by atoms with Gasteiger partial charge < -0.3 is 5.73 Å². The van der Waals surface area contributed by atoms with E-state index in [0.29, 0.717) is 16.0 Å². The van der Waals surface area contributed by atoms with Crippen molar-refractivity contribution in [3.8, 4) is 0 Å². The fourth-order valence-electron chi connectivity index (χ4n) is 1.04. The van der Waals surface area contributed by atoms with Crippen molar-refractivity contribution in [1.82, 2.24) is 0 Å². The van der Waals surface area contributed by atoms with Crippen LogP contribution in [0, 0.1) is 5.82 Å². The van der Waals surface area contributed by atoms with Crippen molar-refractivity contribution in [3.05, 3.63) is 33.0 Å². The van der Waals surface area contributed by atoms with Gasteiger partial charge in [-0.3, -0.25) is 0 Å². The first-order valence-corrected chi connectivity index (χ1v) is 5.08. The summed E-state index contributed by atoms with van der Waals surface area (Å²) < 4.78 is 13.4. The predicted molar refractivity (Wildman–Crippen MR) is 56.6 cm³/mol.